The normalized spacial score (nSPS) is 10.0. The van der Waals surface area contributed by atoms with Gasteiger partial charge in [0.05, 0.1) is 0 Å². The van der Waals surface area contributed by atoms with Crippen molar-refractivity contribution >= 4 is 0 Å². The smallest absolute Gasteiger partial charge is 0.142 e. The Balaban J connectivity index is 3.19. The van der Waals surface area contributed by atoms with Gasteiger partial charge in [-0.1, -0.05) is 25.3 Å². The number of allylic oxidation sites excluding steroid dienone is 4. The Morgan fingerprint density at radius 1 is 0.800 bits per heavy atom. The van der Waals surface area contributed by atoms with Crippen LogP contribution in [0.3, 0.4) is 0 Å². The third-order valence-corrected chi connectivity index (χ3v) is 0.596. The van der Waals surface area contributed by atoms with Gasteiger partial charge >= 0.3 is 0 Å². The molecule has 0 radical (unpaired) electrons. The van der Waals surface area contributed by atoms with Crippen molar-refractivity contribution in [3.8, 4) is 0 Å². The van der Waals surface area contributed by atoms with E-state index in [0.29, 0.717) is 0 Å². The van der Waals surface area contributed by atoms with Crippen LogP contribution in [-0.2, 0) is 9.78 Å². The van der Waals surface area contributed by atoms with Gasteiger partial charge in [-0.05, 0) is 12.2 Å². The molecule has 0 fully saturated rings. The summed E-state index contributed by atoms with van der Waals surface area (Å²) in [4.78, 5) is 8.98. The molecular weight excluding hydrogens is 128 g/mol. The summed E-state index contributed by atoms with van der Waals surface area (Å²) in [6.07, 6.45) is 9.14. The highest BCUT2D eigenvalue weighted by molar-refractivity contribution is 4.93. The first-order valence-electron chi connectivity index (χ1n) is 2.79. The summed E-state index contributed by atoms with van der Waals surface area (Å²) in [7, 11) is 0. The number of rotatable bonds is 5. The molecule has 0 aromatic heterocycles. The largest absolute Gasteiger partial charge is 0.299 e. The number of hydrogen-bond acceptors (Lipinski definition) is 2. The molecule has 0 spiro atoms. The first kappa shape index (κ1) is 8.56. The van der Waals surface area contributed by atoms with Crippen LogP contribution in [0.4, 0.5) is 0 Å². The van der Waals surface area contributed by atoms with Crippen molar-refractivity contribution in [2.45, 2.75) is 0 Å². The van der Waals surface area contributed by atoms with Crippen molar-refractivity contribution in [3.05, 3.63) is 50.0 Å². The summed E-state index contributed by atoms with van der Waals surface area (Å²) in [5, 5.41) is 0. The summed E-state index contributed by atoms with van der Waals surface area (Å²) >= 11 is 0. The SMILES string of the molecule is C=CC=COOC=CC=C. The van der Waals surface area contributed by atoms with Gasteiger partial charge in [-0.25, -0.2) is 0 Å². The topological polar surface area (TPSA) is 18.5 Å². The maximum Gasteiger partial charge on any atom is 0.142 e. The van der Waals surface area contributed by atoms with Crippen LogP contribution in [-0.4, -0.2) is 0 Å². The molecule has 0 saturated carbocycles. The zero-order valence-corrected chi connectivity index (χ0v) is 5.69. The maximum absolute atomic E-state index is 4.49. The van der Waals surface area contributed by atoms with Crippen molar-refractivity contribution in [1.29, 1.82) is 0 Å². The van der Waals surface area contributed by atoms with E-state index in [0.717, 1.165) is 0 Å². The van der Waals surface area contributed by atoms with Gasteiger partial charge in [-0.2, -0.15) is 0 Å². The fourth-order valence-corrected chi connectivity index (χ4v) is 0.239. The Morgan fingerprint density at radius 3 is 1.50 bits per heavy atom. The van der Waals surface area contributed by atoms with Crippen LogP contribution in [0.15, 0.2) is 50.0 Å². The van der Waals surface area contributed by atoms with Crippen molar-refractivity contribution in [2.24, 2.45) is 0 Å². The van der Waals surface area contributed by atoms with Gasteiger partial charge in [0.15, 0.2) is 0 Å². The Hall–Kier alpha value is -1.44. The molecule has 0 aliphatic carbocycles. The highest BCUT2D eigenvalue weighted by Gasteiger charge is 1.68. The average molecular weight is 138 g/mol. The maximum atomic E-state index is 4.49. The van der Waals surface area contributed by atoms with Gasteiger partial charge < -0.3 is 0 Å². The molecule has 0 N–H and O–H groups in total. The zero-order valence-electron chi connectivity index (χ0n) is 5.69. The first-order chi connectivity index (χ1) is 4.91. The quantitative estimate of drug-likeness (QED) is 0.191. The Bertz CT molecular complexity index is 127. The van der Waals surface area contributed by atoms with E-state index in [2.05, 4.69) is 22.9 Å². The molecule has 2 nitrogen and oxygen atoms in total. The molecule has 0 aliphatic rings. The summed E-state index contributed by atoms with van der Waals surface area (Å²) in [6.45, 7) is 6.88. The van der Waals surface area contributed by atoms with Crippen LogP contribution < -0.4 is 0 Å². The van der Waals surface area contributed by atoms with E-state index in [1.165, 1.54) is 12.5 Å². The van der Waals surface area contributed by atoms with Crippen molar-refractivity contribution in [1.82, 2.24) is 0 Å². The second-order valence-electron chi connectivity index (χ2n) is 1.32. The third kappa shape index (κ3) is 6.56. The molecule has 0 amide bonds. The van der Waals surface area contributed by atoms with E-state index in [9.17, 15) is 0 Å². The second-order valence-corrected chi connectivity index (χ2v) is 1.32. The molecule has 0 aliphatic heterocycles. The lowest BCUT2D eigenvalue weighted by Crippen LogP contribution is -1.73. The molecule has 2 heteroatoms. The average Bonchev–Trinajstić information content (AvgIpc) is 1.97. The van der Waals surface area contributed by atoms with Crippen LogP contribution >= 0.6 is 0 Å². The molecule has 0 saturated heterocycles. The van der Waals surface area contributed by atoms with Crippen LogP contribution in [0.5, 0.6) is 0 Å². The van der Waals surface area contributed by atoms with Gasteiger partial charge in [0.1, 0.15) is 12.5 Å². The monoisotopic (exact) mass is 138 g/mol. The summed E-state index contributed by atoms with van der Waals surface area (Å²) < 4.78 is 0. The van der Waals surface area contributed by atoms with Gasteiger partial charge in [0.2, 0.25) is 0 Å². The van der Waals surface area contributed by atoms with E-state index < -0.39 is 0 Å². The lowest BCUT2D eigenvalue weighted by atomic mass is 10.6. The minimum Gasteiger partial charge on any atom is -0.299 e. The van der Waals surface area contributed by atoms with Crippen LogP contribution in [0, 0.1) is 0 Å². The van der Waals surface area contributed by atoms with E-state index in [1.54, 1.807) is 24.3 Å². The van der Waals surface area contributed by atoms with Crippen molar-refractivity contribution < 1.29 is 9.78 Å². The molecule has 0 heterocycles. The zero-order chi connectivity index (χ0) is 7.66. The van der Waals surface area contributed by atoms with Gasteiger partial charge in [0, 0.05) is 0 Å². The van der Waals surface area contributed by atoms with Crippen LogP contribution in [0.1, 0.15) is 0 Å². The highest BCUT2D eigenvalue weighted by atomic mass is 17.2. The summed E-state index contributed by atoms with van der Waals surface area (Å²) in [5.74, 6) is 0. The first-order valence-corrected chi connectivity index (χ1v) is 2.79. The van der Waals surface area contributed by atoms with E-state index in [1.807, 2.05) is 0 Å². The number of hydrogen-bond donors (Lipinski definition) is 0. The van der Waals surface area contributed by atoms with Crippen LogP contribution in [0.2, 0.25) is 0 Å². The van der Waals surface area contributed by atoms with Crippen molar-refractivity contribution in [3.63, 3.8) is 0 Å². The lowest BCUT2D eigenvalue weighted by Gasteiger charge is -1.91. The minimum atomic E-state index is 1.38. The molecule has 0 aromatic carbocycles. The Morgan fingerprint density at radius 2 is 1.20 bits per heavy atom. The molecule has 0 aromatic rings. The van der Waals surface area contributed by atoms with E-state index >= 15 is 0 Å². The third-order valence-electron chi connectivity index (χ3n) is 0.596. The molecule has 0 atom stereocenters. The standard InChI is InChI=1S/C8H10O2/c1-3-5-7-9-10-8-6-4-2/h3-8H,1-2H2. The molecule has 0 unspecified atom stereocenters. The molecule has 10 heavy (non-hydrogen) atoms. The molecule has 54 valence electrons. The summed E-state index contributed by atoms with van der Waals surface area (Å²) in [6, 6.07) is 0. The van der Waals surface area contributed by atoms with Crippen LogP contribution in [0.25, 0.3) is 0 Å². The lowest BCUT2D eigenvalue weighted by molar-refractivity contribution is -0.195. The predicted molar refractivity (Wildman–Crippen MR) is 40.8 cm³/mol. The van der Waals surface area contributed by atoms with E-state index in [-0.39, 0.29) is 0 Å². The van der Waals surface area contributed by atoms with Gasteiger partial charge in [-0.15, -0.1) is 0 Å². The predicted octanol–water partition coefficient (Wildman–Crippen LogP) is 2.33. The minimum absolute atomic E-state index is 1.38. The Kier molecular flexibility index (Phi) is 6.47. The fourth-order valence-electron chi connectivity index (χ4n) is 0.239. The van der Waals surface area contributed by atoms with Crippen molar-refractivity contribution in [2.75, 3.05) is 0 Å². The molecule has 0 bridgehead atoms. The summed E-state index contributed by atoms with van der Waals surface area (Å²) in [5.41, 5.74) is 0. The second kappa shape index (κ2) is 7.56. The van der Waals surface area contributed by atoms with Gasteiger partial charge in [-0.3, -0.25) is 9.78 Å². The fraction of sp³-hybridized carbons (Fsp3) is 0. The van der Waals surface area contributed by atoms with Gasteiger partial charge in [0.25, 0.3) is 0 Å². The highest BCUT2D eigenvalue weighted by Crippen LogP contribution is 1.82. The van der Waals surface area contributed by atoms with E-state index in [4.69, 9.17) is 0 Å². The molecular formula is C8H10O2. The Labute approximate surface area is 60.7 Å². The molecule has 0 rings (SSSR count).